The highest BCUT2D eigenvalue weighted by molar-refractivity contribution is 5.80. The van der Waals surface area contributed by atoms with Gasteiger partial charge in [0.25, 0.3) is 0 Å². The lowest BCUT2D eigenvalue weighted by Crippen LogP contribution is -2.05. The smallest absolute Gasteiger partial charge is 0.261 e. The minimum atomic E-state index is -4.48. The van der Waals surface area contributed by atoms with Crippen molar-refractivity contribution in [2.75, 3.05) is 5.43 Å². The maximum Gasteiger partial charge on any atom is 0.417 e. The van der Waals surface area contributed by atoms with E-state index in [4.69, 9.17) is 0 Å². The molecule has 0 aliphatic rings. The fourth-order valence-electron chi connectivity index (χ4n) is 1.42. The summed E-state index contributed by atoms with van der Waals surface area (Å²) < 4.78 is 63.4. The van der Waals surface area contributed by atoms with E-state index in [0.717, 1.165) is 30.5 Å². The van der Waals surface area contributed by atoms with Gasteiger partial charge in [0, 0.05) is 6.20 Å². The zero-order valence-corrected chi connectivity index (χ0v) is 10.3. The monoisotopic (exact) mass is 301 g/mol. The average molecular weight is 301 g/mol. The molecule has 1 aromatic heterocycles. The summed E-state index contributed by atoms with van der Waals surface area (Å²) in [7, 11) is 0. The number of halogens is 5. The Morgan fingerprint density at radius 2 is 1.71 bits per heavy atom. The summed E-state index contributed by atoms with van der Waals surface area (Å²) in [6.45, 7) is 0. The van der Waals surface area contributed by atoms with Crippen LogP contribution in [0.3, 0.4) is 0 Å². The summed E-state index contributed by atoms with van der Waals surface area (Å²) in [5.74, 6) is -1.60. The fourth-order valence-corrected chi connectivity index (χ4v) is 1.42. The molecule has 110 valence electrons. The van der Waals surface area contributed by atoms with Crippen LogP contribution in [-0.2, 0) is 6.18 Å². The molecule has 2 aromatic rings. The molecule has 0 unspecified atom stereocenters. The Balaban J connectivity index is 2.08. The molecule has 8 heteroatoms. The lowest BCUT2D eigenvalue weighted by Gasteiger charge is -2.06. The lowest BCUT2D eigenvalue weighted by atomic mass is 10.2. The van der Waals surface area contributed by atoms with Crippen LogP contribution in [-0.4, -0.2) is 11.2 Å². The van der Waals surface area contributed by atoms with Crippen molar-refractivity contribution in [3.63, 3.8) is 0 Å². The van der Waals surface area contributed by atoms with E-state index in [2.05, 4.69) is 15.5 Å². The summed E-state index contributed by atoms with van der Waals surface area (Å²) in [6, 6.07) is 5.18. The zero-order chi connectivity index (χ0) is 15.5. The third-order valence-corrected chi connectivity index (χ3v) is 2.46. The van der Waals surface area contributed by atoms with E-state index in [0.29, 0.717) is 6.20 Å². The first-order chi connectivity index (χ1) is 9.88. The van der Waals surface area contributed by atoms with Gasteiger partial charge in [-0.05, 0) is 24.3 Å². The number of alkyl halides is 3. The van der Waals surface area contributed by atoms with Crippen molar-refractivity contribution < 1.29 is 22.0 Å². The largest absolute Gasteiger partial charge is 0.417 e. The SMILES string of the molecule is Fc1cccc(F)c1/C=N/Nc1ccc(C(F)(F)F)cn1. The molecule has 0 radical (unpaired) electrons. The number of nitrogens with one attached hydrogen (secondary N) is 1. The molecule has 2 rings (SSSR count). The molecule has 0 bridgehead atoms. The van der Waals surface area contributed by atoms with E-state index < -0.39 is 23.4 Å². The van der Waals surface area contributed by atoms with Crippen molar-refractivity contribution in [1.29, 1.82) is 0 Å². The van der Waals surface area contributed by atoms with Gasteiger partial charge in [-0.15, -0.1) is 0 Å². The van der Waals surface area contributed by atoms with Crippen molar-refractivity contribution >= 4 is 12.0 Å². The molecule has 21 heavy (non-hydrogen) atoms. The number of hydrazone groups is 1. The van der Waals surface area contributed by atoms with Crippen molar-refractivity contribution in [2.45, 2.75) is 6.18 Å². The molecule has 0 spiro atoms. The van der Waals surface area contributed by atoms with Crippen LogP contribution in [0.15, 0.2) is 41.6 Å². The predicted molar refractivity (Wildman–Crippen MR) is 66.8 cm³/mol. The fraction of sp³-hybridized carbons (Fsp3) is 0.0769. The van der Waals surface area contributed by atoms with Crippen molar-refractivity contribution in [3.8, 4) is 0 Å². The van der Waals surface area contributed by atoms with Crippen LogP contribution >= 0.6 is 0 Å². The first kappa shape index (κ1) is 14.9. The van der Waals surface area contributed by atoms with E-state index in [1.807, 2.05) is 0 Å². The maximum atomic E-state index is 13.3. The van der Waals surface area contributed by atoms with Gasteiger partial charge in [-0.3, -0.25) is 5.43 Å². The summed E-state index contributed by atoms with van der Waals surface area (Å²) in [5.41, 5.74) is 1.01. The second-order valence-electron chi connectivity index (χ2n) is 3.94. The second kappa shape index (κ2) is 5.86. The third-order valence-electron chi connectivity index (χ3n) is 2.46. The Hall–Kier alpha value is -2.51. The van der Waals surface area contributed by atoms with E-state index in [1.54, 1.807) is 0 Å². The van der Waals surface area contributed by atoms with Crippen LogP contribution in [0.1, 0.15) is 11.1 Å². The molecule has 1 heterocycles. The highest BCUT2D eigenvalue weighted by atomic mass is 19.4. The molecule has 0 amide bonds. The molecule has 0 saturated heterocycles. The minimum absolute atomic E-state index is 0.0102. The average Bonchev–Trinajstić information content (AvgIpc) is 2.42. The standard InChI is InChI=1S/C13H8F5N3/c14-10-2-1-3-11(15)9(10)7-20-21-12-5-4-8(6-19-12)13(16,17)18/h1-7H,(H,19,21)/b20-7+. The zero-order valence-electron chi connectivity index (χ0n) is 10.3. The summed E-state index contributed by atoms with van der Waals surface area (Å²) >= 11 is 0. The van der Waals surface area contributed by atoms with E-state index >= 15 is 0 Å². The molecule has 0 atom stereocenters. The Bertz CT molecular complexity index is 630. The number of hydrogen-bond acceptors (Lipinski definition) is 3. The van der Waals surface area contributed by atoms with Gasteiger partial charge in [-0.2, -0.15) is 18.3 Å². The number of benzene rings is 1. The number of hydrogen-bond donors (Lipinski definition) is 1. The normalized spacial score (nSPS) is 11.9. The summed E-state index contributed by atoms with van der Waals surface area (Å²) in [6.07, 6.45) is -2.98. The van der Waals surface area contributed by atoms with Gasteiger partial charge in [-0.25, -0.2) is 13.8 Å². The van der Waals surface area contributed by atoms with E-state index in [-0.39, 0.29) is 11.4 Å². The van der Waals surface area contributed by atoms with Gasteiger partial charge in [0.05, 0.1) is 17.3 Å². The van der Waals surface area contributed by atoms with Crippen LogP contribution in [0, 0.1) is 11.6 Å². The van der Waals surface area contributed by atoms with Crippen molar-refractivity contribution in [1.82, 2.24) is 4.98 Å². The molecule has 0 saturated carbocycles. The molecule has 3 nitrogen and oxygen atoms in total. The van der Waals surface area contributed by atoms with Gasteiger partial charge < -0.3 is 0 Å². The van der Waals surface area contributed by atoms with Crippen LogP contribution in [0.2, 0.25) is 0 Å². The Labute approximate surface area is 116 Å². The summed E-state index contributed by atoms with van der Waals surface area (Å²) in [5, 5.41) is 3.53. The predicted octanol–water partition coefficient (Wildman–Crippen LogP) is 3.82. The van der Waals surface area contributed by atoms with Gasteiger partial charge in [0.2, 0.25) is 0 Å². The molecule has 0 aliphatic carbocycles. The number of rotatable bonds is 3. The van der Waals surface area contributed by atoms with E-state index in [9.17, 15) is 22.0 Å². The first-order valence-electron chi connectivity index (χ1n) is 5.64. The van der Waals surface area contributed by atoms with E-state index in [1.165, 1.54) is 6.07 Å². The highest BCUT2D eigenvalue weighted by Gasteiger charge is 2.30. The number of nitrogens with zero attached hydrogens (tertiary/aromatic N) is 2. The van der Waals surface area contributed by atoms with Crippen LogP contribution in [0.25, 0.3) is 0 Å². The Kier molecular flexibility index (Phi) is 4.15. The molecule has 0 fully saturated rings. The molecular weight excluding hydrogens is 293 g/mol. The second-order valence-corrected chi connectivity index (χ2v) is 3.94. The van der Waals surface area contributed by atoms with Crippen molar-refractivity contribution in [3.05, 3.63) is 59.3 Å². The quantitative estimate of drug-likeness (QED) is 0.531. The third kappa shape index (κ3) is 3.74. The maximum absolute atomic E-state index is 13.3. The molecule has 1 aromatic carbocycles. The number of anilines is 1. The Morgan fingerprint density at radius 3 is 2.24 bits per heavy atom. The van der Waals surface area contributed by atoms with Gasteiger partial charge in [-0.1, -0.05) is 6.07 Å². The summed E-state index contributed by atoms with van der Waals surface area (Å²) in [4.78, 5) is 3.49. The highest BCUT2D eigenvalue weighted by Crippen LogP contribution is 2.28. The number of pyridine rings is 1. The molecular formula is C13H8F5N3. The van der Waals surface area contributed by atoms with Crippen molar-refractivity contribution in [2.24, 2.45) is 5.10 Å². The van der Waals surface area contributed by atoms with Gasteiger partial charge >= 0.3 is 6.18 Å². The molecule has 0 aliphatic heterocycles. The first-order valence-corrected chi connectivity index (χ1v) is 5.64. The molecule has 1 N–H and O–H groups in total. The topological polar surface area (TPSA) is 37.3 Å². The van der Waals surface area contributed by atoms with Gasteiger partial charge in [0.15, 0.2) is 0 Å². The van der Waals surface area contributed by atoms with Gasteiger partial charge in [0.1, 0.15) is 17.5 Å². The number of aromatic nitrogens is 1. The lowest BCUT2D eigenvalue weighted by molar-refractivity contribution is -0.137. The minimum Gasteiger partial charge on any atom is -0.261 e. The van der Waals surface area contributed by atoms with Crippen LogP contribution in [0.5, 0.6) is 0 Å². The van der Waals surface area contributed by atoms with Crippen LogP contribution in [0.4, 0.5) is 27.8 Å². The Morgan fingerprint density at radius 1 is 1.05 bits per heavy atom. The van der Waals surface area contributed by atoms with Crippen LogP contribution < -0.4 is 5.43 Å².